The number of hydrogen-bond acceptors (Lipinski definition) is 4. The predicted molar refractivity (Wildman–Crippen MR) is 72.6 cm³/mol. The number of benzene rings is 1. The van der Waals surface area contributed by atoms with Gasteiger partial charge in [-0.05, 0) is 24.6 Å². The van der Waals surface area contributed by atoms with E-state index in [4.69, 9.17) is 5.11 Å². The molecule has 8 heteroatoms. The van der Waals surface area contributed by atoms with E-state index in [0.29, 0.717) is 12.1 Å². The highest BCUT2D eigenvalue weighted by atomic mass is 32.2. The Morgan fingerprint density at radius 3 is 2.65 bits per heavy atom. The second-order valence-corrected chi connectivity index (χ2v) is 6.81. The van der Waals surface area contributed by atoms with Crippen molar-refractivity contribution in [3.8, 4) is 0 Å². The molecule has 3 N–H and O–H groups in total. The molecule has 1 aliphatic heterocycles. The number of anilines is 1. The van der Waals surface area contributed by atoms with Gasteiger partial charge >= 0.3 is 12.0 Å². The number of amides is 2. The number of carboxylic acid groups (broad SMARTS) is 1. The van der Waals surface area contributed by atoms with Gasteiger partial charge in [0.1, 0.15) is 0 Å². The maximum Gasteiger partial charge on any atom is 0.335 e. The monoisotopic (exact) mass is 298 g/mol. The third-order valence-electron chi connectivity index (χ3n) is 2.94. The number of sulfone groups is 1. The average Bonchev–Trinajstić information content (AvgIpc) is 2.68. The lowest BCUT2D eigenvalue weighted by Crippen LogP contribution is -2.38. The van der Waals surface area contributed by atoms with E-state index < -0.39 is 27.9 Å². The van der Waals surface area contributed by atoms with Gasteiger partial charge in [-0.3, -0.25) is 0 Å². The van der Waals surface area contributed by atoms with E-state index in [1.165, 1.54) is 18.2 Å². The van der Waals surface area contributed by atoms with Crippen LogP contribution in [0.4, 0.5) is 10.5 Å². The lowest BCUT2D eigenvalue weighted by Gasteiger charge is -2.12. The van der Waals surface area contributed by atoms with E-state index in [0.717, 1.165) is 0 Å². The quantitative estimate of drug-likeness (QED) is 0.760. The number of hydrogen-bond donors (Lipinski definition) is 3. The second kappa shape index (κ2) is 5.49. The summed E-state index contributed by atoms with van der Waals surface area (Å²) in [4.78, 5) is 22.5. The van der Waals surface area contributed by atoms with E-state index in [2.05, 4.69) is 10.6 Å². The van der Waals surface area contributed by atoms with Gasteiger partial charge in [0.25, 0.3) is 0 Å². The van der Waals surface area contributed by atoms with Crippen molar-refractivity contribution in [2.45, 2.75) is 12.5 Å². The number of carbonyl (C=O) groups excluding carboxylic acids is 1. The number of urea groups is 1. The summed E-state index contributed by atoms with van der Waals surface area (Å²) in [5.41, 5.74) is 0.398. The molecule has 108 valence electrons. The first kappa shape index (κ1) is 14.3. The highest BCUT2D eigenvalue weighted by Gasteiger charge is 2.28. The summed E-state index contributed by atoms with van der Waals surface area (Å²) in [6.07, 6.45) is 0.394. The molecule has 0 bridgehead atoms. The predicted octanol–water partition coefficient (Wildman–Crippen LogP) is 0.693. The Morgan fingerprint density at radius 2 is 2.05 bits per heavy atom. The van der Waals surface area contributed by atoms with Crippen LogP contribution in [-0.2, 0) is 9.84 Å². The summed E-state index contributed by atoms with van der Waals surface area (Å²) in [6, 6.07) is 4.86. The van der Waals surface area contributed by atoms with Gasteiger partial charge in [0.15, 0.2) is 9.84 Å². The number of nitrogens with one attached hydrogen (secondary N) is 2. The SMILES string of the molecule is O=C(Nc1cccc(C(=O)O)c1)N[C@@H]1CCS(=O)(=O)C1. The topological polar surface area (TPSA) is 113 Å². The molecule has 7 nitrogen and oxygen atoms in total. The number of carbonyl (C=O) groups is 2. The van der Waals surface area contributed by atoms with Gasteiger partial charge < -0.3 is 15.7 Å². The summed E-state index contributed by atoms with van der Waals surface area (Å²) in [5, 5.41) is 13.9. The number of carboxylic acids is 1. The molecule has 0 spiro atoms. The molecular formula is C12H14N2O5S. The highest BCUT2D eigenvalue weighted by molar-refractivity contribution is 7.91. The maximum atomic E-state index is 11.7. The van der Waals surface area contributed by atoms with Gasteiger partial charge in [-0.15, -0.1) is 0 Å². The molecule has 0 unspecified atom stereocenters. The minimum absolute atomic E-state index is 0.0599. The van der Waals surface area contributed by atoms with Crippen molar-refractivity contribution >= 4 is 27.5 Å². The third kappa shape index (κ3) is 3.70. The van der Waals surface area contributed by atoms with Crippen LogP contribution in [0.2, 0.25) is 0 Å². The molecule has 2 amide bonds. The molecule has 2 rings (SSSR count). The zero-order valence-electron chi connectivity index (χ0n) is 10.5. The fourth-order valence-electron chi connectivity index (χ4n) is 1.99. The van der Waals surface area contributed by atoms with E-state index in [1.54, 1.807) is 6.07 Å². The minimum atomic E-state index is -3.05. The Balaban J connectivity index is 1.95. The molecule has 1 atom stereocenters. The molecule has 1 fully saturated rings. The Hall–Kier alpha value is -2.09. The molecule has 1 saturated heterocycles. The van der Waals surface area contributed by atoms with E-state index in [-0.39, 0.29) is 17.1 Å². The Bertz CT molecular complexity index is 641. The van der Waals surface area contributed by atoms with Crippen LogP contribution in [0.15, 0.2) is 24.3 Å². The van der Waals surface area contributed by atoms with Crippen molar-refractivity contribution in [1.82, 2.24) is 5.32 Å². The van der Waals surface area contributed by atoms with Crippen LogP contribution in [0.25, 0.3) is 0 Å². The van der Waals surface area contributed by atoms with Crippen molar-refractivity contribution in [2.24, 2.45) is 0 Å². The Labute approximate surface area is 115 Å². The fraction of sp³-hybridized carbons (Fsp3) is 0.333. The van der Waals surface area contributed by atoms with Gasteiger partial charge in [0.2, 0.25) is 0 Å². The first-order valence-electron chi connectivity index (χ1n) is 5.97. The van der Waals surface area contributed by atoms with E-state index >= 15 is 0 Å². The highest BCUT2D eigenvalue weighted by Crippen LogP contribution is 2.13. The molecule has 1 heterocycles. The minimum Gasteiger partial charge on any atom is -0.478 e. The summed E-state index contributed by atoms with van der Waals surface area (Å²) in [6.45, 7) is 0. The van der Waals surface area contributed by atoms with E-state index in [1.807, 2.05) is 0 Å². The van der Waals surface area contributed by atoms with Crippen LogP contribution >= 0.6 is 0 Å². The smallest absolute Gasteiger partial charge is 0.335 e. The van der Waals surface area contributed by atoms with Crippen LogP contribution < -0.4 is 10.6 Å². The van der Waals surface area contributed by atoms with Gasteiger partial charge in [-0.25, -0.2) is 18.0 Å². The van der Waals surface area contributed by atoms with Gasteiger partial charge in [-0.1, -0.05) is 6.07 Å². The molecule has 1 aromatic rings. The molecule has 0 saturated carbocycles. The van der Waals surface area contributed by atoms with Crippen LogP contribution in [0, 0.1) is 0 Å². The van der Waals surface area contributed by atoms with Crippen LogP contribution in [0.5, 0.6) is 0 Å². The van der Waals surface area contributed by atoms with Crippen LogP contribution in [-0.4, -0.2) is 43.1 Å². The summed E-state index contributed by atoms with van der Waals surface area (Å²) < 4.78 is 22.5. The Morgan fingerprint density at radius 1 is 1.30 bits per heavy atom. The van der Waals surface area contributed by atoms with Gasteiger partial charge in [-0.2, -0.15) is 0 Å². The molecular weight excluding hydrogens is 284 g/mol. The van der Waals surface area contributed by atoms with Crippen LogP contribution in [0.1, 0.15) is 16.8 Å². The maximum absolute atomic E-state index is 11.7. The zero-order chi connectivity index (χ0) is 14.8. The largest absolute Gasteiger partial charge is 0.478 e. The summed E-state index contributed by atoms with van der Waals surface area (Å²) in [5.74, 6) is -1.07. The average molecular weight is 298 g/mol. The lowest BCUT2D eigenvalue weighted by atomic mass is 10.2. The standard InChI is InChI=1S/C12H14N2O5S/c15-11(16)8-2-1-3-9(6-8)13-12(17)14-10-4-5-20(18,19)7-10/h1-3,6,10H,4-5,7H2,(H,15,16)(H2,13,14,17)/t10-/m1/s1. The van der Waals surface area contributed by atoms with Crippen LogP contribution in [0.3, 0.4) is 0 Å². The first-order chi connectivity index (χ1) is 9.35. The van der Waals surface area contributed by atoms with Crippen molar-refractivity contribution in [3.63, 3.8) is 0 Å². The van der Waals surface area contributed by atoms with Crippen molar-refractivity contribution in [2.75, 3.05) is 16.8 Å². The van der Waals surface area contributed by atoms with E-state index in [9.17, 15) is 18.0 Å². The fourth-order valence-corrected chi connectivity index (χ4v) is 3.66. The lowest BCUT2D eigenvalue weighted by molar-refractivity contribution is 0.0697. The first-order valence-corrected chi connectivity index (χ1v) is 7.79. The third-order valence-corrected chi connectivity index (χ3v) is 4.70. The molecule has 20 heavy (non-hydrogen) atoms. The van der Waals surface area contributed by atoms with Crippen molar-refractivity contribution in [3.05, 3.63) is 29.8 Å². The number of rotatable bonds is 3. The van der Waals surface area contributed by atoms with Crippen molar-refractivity contribution in [1.29, 1.82) is 0 Å². The Kier molecular flexibility index (Phi) is 3.93. The summed E-state index contributed by atoms with van der Waals surface area (Å²) in [7, 11) is -3.05. The number of aromatic carboxylic acids is 1. The van der Waals surface area contributed by atoms with Gasteiger partial charge in [0, 0.05) is 11.7 Å². The second-order valence-electron chi connectivity index (χ2n) is 4.58. The molecule has 1 aliphatic rings. The zero-order valence-corrected chi connectivity index (χ0v) is 11.3. The molecule has 0 aliphatic carbocycles. The summed E-state index contributed by atoms with van der Waals surface area (Å²) >= 11 is 0. The molecule has 1 aromatic carbocycles. The molecule has 0 radical (unpaired) electrons. The normalized spacial score (nSPS) is 20.3. The molecule has 0 aromatic heterocycles. The van der Waals surface area contributed by atoms with Crippen molar-refractivity contribution < 1.29 is 23.1 Å². The van der Waals surface area contributed by atoms with Gasteiger partial charge in [0.05, 0.1) is 17.1 Å².